The Morgan fingerprint density at radius 2 is 1.34 bits per heavy atom. The molecule has 1 aromatic carbocycles. The Balaban J connectivity index is 2.36. The van der Waals surface area contributed by atoms with Crippen molar-refractivity contribution in [1.82, 2.24) is 0 Å². The molecule has 0 spiro atoms. The lowest BCUT2D eigenvalue weighted by atomic mass is 10.1. The molecule has 164 valence electrons. The summed E-state index contributed by atoms with van der Waals surface area (Å²) in [4.78, 5) is 11.5. The molecule has 1 atom stereocenters. The van der Waals surface area contributed by atoms with Gasteiger partial charge in [0.25, 0.3) is 0 Å². The zero-order chi connectivity index (χ0) is 22.3. The minimum atomic E-state index is -1.97. The lowest BCUT2D eigenvalue weighted by Gasteiger charge is -2.38. The van der Waals surface area contributed by atoms with Crippen LogP contribution in [-0.2, 0) is 16.0 Å². The molecule has 1 aliphatic heterocycles. The van der Waals surface area contributed by atoms with Crippen molar-refractivity contribution in [3.8, 4) is 11.5 Å². The second-order valence-corrected chi connectivity index (χ2v) is 20.8. The maximum atomic E-state index is 11.5. The van der Waals surface area contributed by atoms with Crippen LogP contribution >= 0.6 is 0 Å². The Morgan fingerprint density at radius 3 is 1.69 bits per heavy atom. The lowest BCUT2D eigenvalue weighted by molar-refractivity contribution is -0.141. The van der Waals surface area contributed by atoms with Crippen molar-refractivity contribution in [2.75, 3.05) is 0 Å². The zero-order valence-electron chi connectivity index (χ0n) is 20.1. The summed E-state index contributed by atoms with van der Waals surface area (Å²) in [5.41, 5.74) is 1.11. The van der Waals surface area contributed by atoms with E-state index in [1.54, 1.807) is 0 Å². The van der Waals surface area contributed by atoms with Gasteiger partial charge in [0.15, 0.2) is 0 Å². The molecule has 1 fully saturated rings. The van der Waals surface area contributed by atoms with E-state index in [1.165, 1.54) is 0 Å². The summed E-state index contributed by atoms with van der Waals surface area (Å²) < 4.78 is 18.7. The minimum Gasteiger partial charge on any atom is -0.543 e. The van der Waals surface area contributed by atoms with Gasteiger partial charge in [-0.25, -0.2) is 0 Å². The van der Waals surface area contributed by atoms with E-state index >= 15 is 0 Å². The molecule has 0 amide bonds. The van der Waals surface area contributed by atoms with E-state index in [-0.39, 0.29) is 22.1 Å². The van der Waals surface area contributed by atoms with Crippen molar-refractivity contribution in [3.05, 3.63) is 23.8 Å². The molecule has 29 heavy (non-hydrogen) atoms. The maximum absolute atomic E-state index is 11.5. The van der Waals surface area contributed by atoms with Crippen LogP contribution in [0.15, 0.2) is 18.2 Å². The van der Waals surface area contributed by atoms with Gasteiger partial charge in [-0.1, -0.05) is 41.5 Å². The molecule has 2 rings (SSSR count). The van der Waals surface area contributed by atoms with Crippen LogP contribution in [0.25, 0.3) is 0 Å². The molecule has 1 saturated heterocycles. The number of carbonyl (C=O) groups is 1. The second-order valence-electron chi connectivity index (χ2n) is 11.4. The molecule has 0 unspecified atom stereocenters. The van der Waals surface area contributed by atoms with Crippen LogP contribution in [0.3, 0.4) is 0 Å². The van der Waals surface area contributed by atoms with E-state index in [2.05, 4.69) is 79.9 Å². The van der Waals surface area contributed by atoms with Crippen LogP contribution in [0.5, 0.6) is 11.5 Å². The van der Waals surface area contributed by atoms with Gasteiger partial charge in [0.1, 0.15) is 17.6 Å². The molecule has 0 aromatic heterocycles. The Hall–Kier alpha value is -1.28. The van der Waals surface area contributed by atoms with Crippen molar-refractivity contribution in [2.45, 2.75) is 103 Å². The molecular weight excluding hydrogens is 396 g/mol. The molecule has 0 N–H and O–H groups in total. The third-order valence-electron chi connectivity index (χ3n) is 6.73. The molecule has 0 aliphatic carbocycles. The molecule has 0 radical (unpaired) electrons. The van der Waals surface area contributed by atoms with Crippen LogP contribution in [-0.4, -0.2) is 28.7 Å². The maximum Gasteiger partial charge on any atom is 0.306 e. The Morgan fingerprint density at radius 1 is 0.897 bits per heavy atom. The van der Waals surface area contributed by atoms with Crippen molar-refractivity contribution in [3.63, 3.8) is 0 Å². The van der Waals surface area contributed by atoms with Crippen molar-refractivity contribution in [1.29, 1.82) is 0 Å². The molecule has 6 heteroatoms. The third-order valence-corrected chi connectivity index (χ3v) is 15.4. The monoisotopic (exact) mass is 436 g/mol. The summed E-state index contributed by atoms with van der Waals surface area (Å²) in [7, 11) is -3.94. The van der Waals surface area contributed by atoms with Crippen LogP contribution in [0.4, 0.5) is 0 Å². The van der Waals surface area contributed by atoms with E-state index in [1.807, 2.05) is 6.07 Å². The smallest absolute Gasteiger partial charge is 0.306 e. The average molecular weight is 437 g/mol. The molecule has 1 heterocycles. The van der Waals surface area contributed by atoms with E-state index in [0.717, 1.165) is 23.5 Å². The molecule has 0 bridgehead atoms. The molecule has 4 nitrogen and oxygen atoms in total. The first kappa shape index (κ1) is 24.0. The zero-order valence-corrected chi connectivity index (χ0v) is 22.1. The van der Waals surface area contributed by atoms with Gasteiger partial charge in [0, 0.05) is 18.9 Å². The van der Waals surface area contributed by atoms with Crippen molar-refractivity contribution >= 4 is 22.6 Å². The highest BCUT2D eigenvalue weighted by Gasteiger charge is 2.40. The number of cyclic esters (lactones) is 1. The molecule has 1 aliphatic rings. The SMILES string of the molecule is CC(C)(C)[Si](C)(C)Oc1cc(C[C@H]2CCC(=O)O2)cc(O[Si](C)(C)C(C)(C)C)c1. The first-order chi connectivity index (χ1) is 13.0. The largest absolute Gasteiger partial charge is 0.543 e. The van der Waals surface area contributed by atoms with Crippen LogP contribution < -0.4 is 8.85 Å². The fraction of sp³-hybridized carbons (Fsp3) is 0.696. The minimum absolute atomic E-state index is 0.0497. The normalized spacial score (nSPS) is 18.6. The quantitative estimate of drug-likeness (QED) is 0.367. The summed E-state index contributed by atoms with van der Waals surface area (Å²) >= 11 is 0. The van der Waals surface area contributed by atoms with Crippen LogP contribution in [0.2, 0.25) is 36.3 Å². The van der Waals surface area contributed by atoms with Crippen LogP contribution in [0.1, 0.15) is 59.9 Å². The van der Waals surface area contributed by atoms with Gasteiger partial charge in [0.05, 0.1) is 0 Å². The van der Waals surface area contributed by atoms with Gasteiger partial charge in [-0.2, -0.15) is 0 Å². The fourth-order valence-corrected chi connectivity index (χ4v) is 4.78. The number of rotatable bonds is 6. The predicted molar refractivity (Wildman–Crippen MR) is 125 cm³/mol. The highest BCUT2D eigenvalue weighted by molar-refractivity contribution is 6.75. The number of esters is 1. The highest BCUT2D eigenvalue weighted by atomic mass is 28.4. The fourth-order valence-electron chi connectivity index (χ4n) is 2.75. The van der Waals surface area contributed by atoms with Gasteiger partial charge >= 0.3 is 5.97 Å². The van der Waals surface area contributed by atoms with Crippen molar-refractivity contribution < 1.29 is 18.4 Å². The molecule has 0 saturated carbocycles. The number of ether oxygens (including phenoxy) is 1. The summed E-state index contributed by atoms with van der Waals surface area (Å²) in [6.45, 7) is 22.5. The predicted octanol–water partition coefficient (Wildman–Crippen LogP) is 6.70. The third kappa shape index (κ3) is 6.11. The number of carbonyl (C=O) groups excluding carboxylic acids is 1. The van der Waals surface area contributed by atoms with E-state index < -0.39 is 16.6 Å². The topological polar surface area (TPSA) is 44.8 Å². The van der Waals surface area contributed by atoms with Crippen LogP contribution in [0, 0.1) is 0 Å². The Bertz CT molecular complexity index is 696. The number of hydrogen-bond acceptors (Lipinski definition) is 4. The molecular formula is C23H40O4Si2. The Kier molecular flexibility index (Phi) is 6.70. The van der Waals surface area contributed by atoms with E-state index in [9.17, 15) is 4.79 Å². The average Bonchev–Trinajstić information content (AvgIpc) is 2.88. The second kappa shape index (κ2) is 8.10. The highest BCUT2D eigenvalue weighted by Crippen LogP contribution is 2.41. The lowest BCUT2D eigenvalue weighted by Crippen LogP contribution is -2.44. The van der Waals surface area contributed by atoms with E-state index in [0.29, 0.717) is 12.8 Å². The summed E-state index contributed by atoms with van der Waals surface area (Å²) in [6.07, 6.45) is 1.95. The molecule has 1 aromatic rings. The van der Waals surface area contributed by atoms with Gasteiger partial charge < -0.3 is 13.6 Å². The first-order valence-electron chi connectivity index (χ1n) is 10.7. The Labute approximate surface area is 179 Å². The first-order valence-corrected chi connectivity index (χ1v) is 16.5. The summed E-state index contributed by atoms with van der Waals surface area (Å²) in [6, 6.07) is 6.25. The van der Waals surface area contributed by atoms with Crippen molar-refractivity contribution in [2.24, 2.45) is 0 Å². The number of hydrogen-bond donors (Lipinski definition) is 0. The van der Waals surface area contributed by atoms with Gasteiger partial charge in [-0.15, -0.1) is 0 Å². The summed E-state index contributed by atoms with van der Waals surface area (Å²) in [5.74, 6) is 1.64. The standard InChI is InChI=1S/C23H40O4Si2/c1-22(2,3)28(7,8)26-19-14-17(13-18-11-12-21(24)25-18)15-20(16-19)27-29(9,10)23(4,5)6/h14-16,18H,11-13H2,1-10H3/t18-/m1/s1. The summed E-state index contributed by atoms with van der Waals surface area (Å²) in [5, 5.41) is 0.231. The number of benzene rings is 1. The van der Waals surface area contributed by atoms with Gasteiger partial charge in [-0.05, 0) is 60.4 Å². The van der Waals surface area contributed by atoms with Gasteiger partial charge in [0.2, 0.25) is 16.6 Å². The van der Waals surface area contributed by atoms with E-state index in [4.69, 9.17) is 13.6 Å². The van der Waals surface area contributed by atoms with Gasteiger partial charge in [-0.3, -0.25) is 4.79 Å².